The Labute approximate surface area is 314 Å². The molecule has 0 bridgehead atoms. The molecule has 0 aliphatic carbocycles. The van der Waals surface area contributed by atoms with Gasteiger partial charge in [0.2, 0.25) is 0 Å². The molecule has 0 heterocycles. The Morgan fingerprint density at radius 2 is 1.08 bits per heavy atom. The number of hydrogen-bond acceptors (Lipinski definition) is 10. The number of hydrogen-bond donors (Lipinski definition) is 0. The van der Waals surface area contributed by atoms with E-state index in [4.69, 9.17) is 33.2 Å². The van der Waals surface area contributed by atoms with Crippen LogP contribution in [0, 0.1) is 0 Å². The van der Waals surface area contributed by atoms with Crippen molar-refractivity contribution in [2.24, 2.45) is 0 Å². The molecule has 0 saturated heterocycles. The Hall–Kier alpha value is -2.89. The second-order valence-electron chi connectivity index (χ2n) is 12.9. The predicted molar refractivity (Wildman–Crippen MR) is 204 cm³/mol. The summed E-state index contributed by atoms with van der Waals surface area (Å²) < 4.78 is 39.6. The van der Waals surface area contributed by atoms with Crippen molar-refractivity contribution in [1.29, 1.82) is 0 Å². The van der Waals surface area contributed by atoms with Crippen LogP contribution in [0.5, 0.6) is 11.5 Å². The van der Waals surface area contributed by atoms with E-state index in [2.05, 4.69) is 13.8 Å². The van der Waals surface area contributed by atoms with Gasteiger partial charge in [-0.25, -0.2) is 0 Å². The highest BCUT2D eigenvalue weighted by atomic mass is 16.6. The summed E-state index contributed by atoms with van der Waals surface area (Å²) in [6, 6.07) is 5.12. The number of esters is 2. The van der Waals surface area contributed by atoms with Crippen LogP contribution in [0.1, 0.15) is 141 Å². The largest absolute Gasteiger partial charge is 0.487 e. The van der Waals surface area contributed by atoms with Gasteiger partial charge in [0.05, 0.1) is 57.9 Å². The van der Waals surface area contributed by atoms with Crippen molar-refractivity contribution in [2.45, 2.75) is 137 Å². The second kappa shape index (κ2) is 32.7. The van der Waals surface area contributed by atoms with E-state index in [0.29, 0.717) is 51.1 Å². The van der Waals surface area contributed by atoms with Gasteiger partial charge >= 0.3 is 11.9 Å². The monoisotopic (exact) mass is 738 g/mol. The van der Waals surface area contributed by atoms with Crippen LogP contribution >= 0.6 is 0 Å². The van der Waals surface area contributed by atoms with Crippen molar-refractivity contribution in [2.75, 3.05) is 72.6 Å². The molecule has 300 valence electrons. The maximum atomic E-state index is 14.1. The summed E-state index contributed by atoms with van der Waals surface area (Å²) in [6.07, 6.45) is 17.4. The number of carbonyl (C=O) groups excluding carboxylic acids is 3. The van der Waals surface area contributed by atoms with Crippen LogP contribution in [0.2, 0.25) is 0 Å². The van der Waals surface area contributed by atoms with Crippen molar-refractivity contribution in [1.82, 2.24) is 4.90 Å². The lowest BCUT2D eigenvalue weighted by atomic mass is 10.0. The number of amides is 1. The molecule has 0 N–H and O–H groups in total. The van der Waals surface area contributed by atoms with E-state index in [1.807, 2.05) is 6.92 Å². The van der Waals surface area contributed by atoms with Gasteiger partial charge in [-0.2, -0.15) is 0 Å². The molecule has 1 amide bonds. The van der Waals surface area contributed by atoms with Crippen molar-refractivity contribution in [3.8, 4) is 11.5 Å². The minimum Gasteiger partial charge on any atom is -0.487 e. The minimum atomic E-state index is -0.619. The maximum absolute atomic E-state index is 14.1. The zero-order valence-electron chi connectivity index (χ0n) is 33.2. The fraction of sp³-hybridized carbons (Fsp3) is 0.780. The zero-order chi connectivity index (χ0) is 38.1. The Balaban J connectivity index is 3.08. The molecule has 0 aromatic heterocycles. The molecule has 1 unspecified atom stereocenters. The van der Waals surface area contributed by atoms with E-state index < -0.39 is 30.9 Å². The van der Waals surface area contributed by atoms with Crippen molar-refractivity contribution in [3.63, 3.8) is 0 Å². The number of benzene rings is 1. The molecule has 52 heavy (non-hydrogen) atoms. The Morgan fingerprint density at radius 1 is 0.577 bits per heavy atom. The number of para-hydroxylation sites is 1. The van der Waals surface area contributed by atoms with Gasteiger partial charge in [0.15, 0.2) is 11.5 Å². The summed E-state index contributed by atoms with van der Waals surface area (Å²) in [4.78, 5) is 40.3. The smallest absolute Gasteiger partial charge is 0.325 e. The van der Waals surface area contributed by atoms with Crippen LogP contribution < -0.4 is 9.47 Å². The predicted octanol–water partition coefficient (Wildman–Crippen LogP) is 8.34. The van der Waals surface area contributed by atoms with Gasteiger partial charge in [0, 0.05) is 6.61 Å². The highest BCUT2D eigenvalue weighted by Gasteiger charge is 2.28. The number of carbonyl (C=O) groups is 3. The third kappa shape index (κ3) is 22.9. The van der Waals surface area contributed by atoms with E-state index >= 15 is 0 Å². The van der Waals surface area contributed by atoms with Gasteiger partial charge in [-0.3, -0.25) is 14.4 Å². The first-order valence-electron chi connectivity index (χ1n) is 20.2. The molecule has 11 heteroatoms. The number of ether oxygens (including phenoxy) is 7. The molecule has 1 atom stereocenters. The molecule has 0 spiro atoms. The standard InChI is InChI=1S/C41H71NO10/c1-6-11-13-14-15-16-17-18-19-20-21-24-35(23-12-7-2)52-40-36(41(45)42(33-38(43)49-9-4)34-39(44)50-10-5)25-22-26-37(40)51-32-31-48-30-29-47-28-27-46-8-3/h22,25-26,35H,6-21,23-24,27-34H2,1-5H3. The number of rotatable bonds is 35. The molecular weight excluding hydrogens is 666 g/mol. The topological polar surface area (TPSA) is 119 Å². The summed E-state index contributed by atoms with van der Waals surface area (Å²) in [6.45, 7) is 12.3. The van der Waals surface area contributed by atoms with E-state index in [0.717, 1.165) is 43.4 Å². The van der Waals surface area contributed by atoms with Gasteiger partial charge in [-0.1, -0.05) is 97.0 Å². The van der Waals surface area contributed by atoms with Crippen LogP contribution in [0.25, 0.3) is 0 Å². The van der Waals surface area contributed by atoms with Crippen LogP contribution in [0.3, 0.4) is 0 Å². The Bertz CT molecular complexity index is 1030. The maximum Gasteiger partial charge on any atom is 0.325 e. The van der Waals surface area contributed by atoms with Gasteiger partial charge in [0.25, 0.3) is 5.91 Å². The highest BCUT2D eigenvalue weighted by molar-refractivity contribution is 6.00. The number of nitrogens with zero attached hydrogens (tertiary/aromatic N) is 1. The fourth-order valence-corrected chi connectivity index (χ4v) is 5.71. The average molecular weight is 738 g/mol. The third-order valence-electron chi connectivity index (χ3n) is 8.47. The summed E-state index contributed by atoms with van der Waals surface area (Å²) >= 11 is 0. The lowest BCUT2D eigenvalue weighted by Gasteiger charge is -2.26. The molecule has 0 aliphatic rings. The van der Waals surface area contributed by atoms with Crippen molar-refractivity contribution < 1.29 is 47.5 Å². The molecule has 11 nitrogen and oxygen atoms in total. The Kier molecular flexibility index (Phi) is 29.7. The molecule has 0 radical (unpaired) electrons. The van der Waals surface area contributed by atoms with Gasteiger partial charge in [-0.15, -0.1) is 0 Å². The molecule has 0 saturated carbocycles. The quantitative estimate of drug-likeness (QED) is 0.0497. The zero-order valence-corrected chi connectivity index (χ0v) is 33.2. The molecule has 0 aliphatic heterocycles. The minimum absolute atomic E-state index is 0.136. The molecule has 1 aromatic rings. The number of unbranched alkanes of at least 4 members (excludes halogenated alkanes) is 11. The van der Waals surface area contributed by atoms with E-state index in [1.165, 1.54) is 57.8 Å². The van der Waals surface area contributed by atoms with Crippen LogP contribution in [-0.4, -0.2) is 101 Å². The normalized spacial score (nSPS) is 11.6. The molecular formula is C41H71NO10. The van der Waals surface area contributed by atoms with Crippen molar-refractivity contribution in [3.05, 3.63) is 23.8 Å². The van der Waals surface area contributed by atoms with Gasteiger partial charge in [-0.05, 0) is 52.2 Å². The average Bonchev–Trinajstić information content (AvgIpc) is 3.13. The lowest BCUT2D eigenvalue weighted by Crippen LogP contribution is -2.41. The van der Waals surface area contributed by atoms with E-state index in [-0.39, 0.29) is 31.5 Å². The first-order chi connectivity index (χ1) is 25.4. The molecule has 1 rings (SSSR count). The summed E-state index contributed by atoms with van der Waals surface area (Å²) in [5, 5.41) is 0. The first kappa shape index (κ1) is 47.1. The lowest BCUT2D eigenvalue weighted by molar-refractivity contribution is -0.147. The first-order valence-corrected chi connectivity index (χ1v) is 20.2. The summed E-state index contributed by atoms with van der Waals surface area (Å²) in [7, 11) is 0. The second-order valence-corrected chi connectivity index (χ2v) is 12.9. The third-order valence-corrected chi connectivity index (χ3v) is 8.47. The molecule has 0 fully saturated rings. The van der Waals surface area contributed by atoms with Crippen molar-refractivity contribution >= 4 is 17.8 Å². The van der Waals surface area contributed by atoms with E-state index in [9.17, 15) is 14.4 Å². The fourth-order valence-electron chi connectivity index (χ4n) is 5.71. The van der Waals surface area contributed by atoms with Crippen LogP contribution in [0.15, 0.2) is 18.2 Å². The van der Waals surface area contributed by atoms with Crippen LogP contribution in [-0.2, 0) is 33.3 Å². The van der Waals surface area contributed by atoms with Crippen LogP contribution in [0.4, 0.5) is 0 Å². The SMILES string of the molecule is CCCCCCCCCCCCCC(CCCC)Oc1c(OCCOCCOCCOCC)cccc1C(=O)N(CC(=O)OCC)CC(=O)OCC. The Morgan fingerprint density at radius 3 is 1.62 bits per heavy atom. The van der Waals surface area contributed by atoms with E-state index in [1.54, 1.807) is 32.0 Å². The molecule has 1 aromatic carbocycles. The summed E-state index contributed by atoms with van der Waals surface area (Å²) in [5.74, 6) is -1.09. The van der Waals surface area contributed by atoms with Gasteiger partial charge < -0.3 is 38.1 Å². The summed E-state index contributed by atoms with van der Waals surface area (Å²) in [5.41, 5.74) is 0.204. The van der Waals surface area contributed by atoms with Gasteiger partial charge in [0.1, 0.15) is 19.7 Å². The highest BCUT2D eigenvalue weighted by Crippen LogP contribution is 2.35.